The maximum absolute atomic E-state index is 12.6. The van der Waals surface area contributed by atoms with Gasteiger partial charge in [0.25, 0.3) is 5.91 Å². The van der Waals surface area contributed by atoms with Gasteiger partial charge in [0.2, 0.25) is 5.95 Å². The van der Waals surface area contributed by atoms with Crippen LogP contribution in [0.15, 0.2) is 36.5 Å². The summed E-state index contributed by atoms with van der Waals surface area (Å²) in [7, 11) is 1.34. The van der Waals surface area contributed by atoms with Gasteiger partial charge in [-0.1, -0.05) is 13.0 Å². The van der Waals surface area contributed by atoms with Gasteiger partial charge in [0, 0.05) is 25.0 Å². The molecule has 0 unspecified atom stereocenters. The number of carbonyl (C=O) groups is 2. The molecule has 1 aliphatic rings. The van der Waals surface area contributed by atoms with Crippen molar-refractivity contribution in [1.82, 2.24) is 14.9 Å². The van der Waals surface area contributed by atoms with E-state index in [2.05, 4.69) is 22.2 Å². The molecule has 1 aromatic carbocycles. The molecule has 7 nitrogen and oxygen atoms in total. The third-order valence-electron chi connectivity index (χ3n) is 4.49. The average Bonchev–Trinajstić information content (AvgIpc) is 2.68. The van der Waals surface area contributed by atoms with Crippen LogP contribution < -0.4 is 5.32 Å². The Morgan fingerprint density at radius 3 is 2.73 bits per heavy atom. The summed E-state index contributed by atoms with van der Waals surface area (Å²) in [4.78, 5) is 34.6. The van der Waals surface area contributed by atoms with E-state index in [0.29, 0.717) is 28.8 Å². The van der Waals surface area contributed by atoms with Crippen LogP contribution in [0.5, 0.6) is 0 Å². The number of anilines is 2. The first kappa shape index (κ1) is 17.8. The van der Waals surface area contributed by atoms with E-state index in [1.165, 1.54) is 7.11 Å². The normalized spacial score (nSPS) is 14.8. The molecule has 2 aromatic rings. The van der Waals surface area contributed by atoms with Crippen LogP contribution in [-0.4, -0.2) is 46.9 Å². The summed E-state index contributed by atoms with van der Waals surface area (Å²) in [6.07, 6.45) is 3.59. The predicted octanol–water partition coefficient (Wildman–Crippen LogP) is 2.88. The fourth-order valence-electron chi connectivity index (χ4n) is 2.88. The predicted molar refractivity (Wildman–Crippen MR) is 97.4 cm³/mol. The molecule has 0 saturated carbocycles. The fourth-order valence-corrected chi connectivity index (χ4v) is 2.88. The monoisotopic (exact) mass is 354 g/mol. The van der Waals surface area contributed by atoms with E-state index < -0.39 is 5.97 Å². The Labute approximate surface area is 152 Å². The van der Waals surface area contributed by atoms with Gasteiger partial charge < -0.3 is 15.0 Å². The van der Waals surface area contributed by atoms with Crippen LogP contribution in [0.4, 0.5) is 11.6 Å². The van der Waals surface area contributed by atoms with Crippen molar-refractivity contribution < 1.29 is 14.3 Å². The standard InChI is InChI=1S/C19H22N4O3/c1-13-7-10-23(11-8-13)17(24)16-6-9-20-19(22-16)21-15-5-3-4-14(12-15)18(25)26-2/h3-6,9,12-13H,7-8,10-11H2,1-2H3,(H,20,21,22). The molecular weight excluding hydrogens is 332 g/mol. The van der Waals surface area contributed by atoms with Crippen molar-refractivity contribution in [1.29, 1.82) is 0 Å². The van der Waals surface area contributed by atoms with Crippen molar-refractivity contribution in [2.75, 3.05) is 25.5 Å². The first-order chi connectivity index (χ1) is 12.6. The van der Waals surface area contributed by atoms with Crippen LogP contribution in [0.2, 0.25) is 0 Å². The van der Waals surface area contributed by atoms with E-state index >= 15 is 0 Å². The van der Waals surface area contributed by atoms with Gasteiger partial charge in [-0.15, -0.1) is 0 Å². The van der Waals surface area contributed by atoms with E-state index in [9.17, 15) is 9.59 Å². The number of hydrogen-bond donors (Lipinski definition) is 1. The second-order valence-electron chi connectivity index (χ2n) is 6.44. The summed E-state index contributed by atoms with van der Waals surface area (Å²) >= 11 is 0. The molecule has 0 radical (unpaired) electrons. The lowest BCUT2D eigenvalue weighted by molar-refractivity contribution is 0.0600. The number of hydrogen-bond acceptors (Lipinski definition) is 6. The molecule has 1 amide bonds. The minimum absolute atomic E-state index is 0.0781. The van der Waals surface area contributed by atoms with E-state index in [1.54, 1.807) is 36.5 Å². The van der Waals surface area contributed by atoms with Gasteiger partial charge in [0.05, 0.1) is 12.7 Å². The zero-order valence-electron chi connectivity index (χ0n) is 14.9. The Balaban J connectivity index is 1.73. The number of nitrogens with zero attached hydrogens (tertiary/aromatic N) is 3. The number of carbonyl (C=O) groups excluding carboxylic acids is 2. The maximum atomic E-state index is 12.6. The lowest BCUT2D eigenvalue weighted by atomic mass is 9.99. The molecule has 2 heterocycles. The second-order valence-corrected chi connectivity index (χ2v) is 6.44. The fraction of sp³-hybridized carbons (Fsp3) is 0.368. The SMILES string of the molecule is COC(=O)c1cccc(Nc2nccc(C(=O)N3CCC(C)CC3)n2)c1. The van der Waals surface area contributed by atoms with E-state index in [4.69, 9.17) is 4.74 Å². The lowest BCUT2D eigenvalue weighted by Gasteiger charge is -2.30. The zero-order chi connectivity index (χ0) is 18.5. The first-order valence-electron chi connectivity index (χ1n) is 8.64. The van der Waals surface area contributed by atoms with Gasteiger partial charge in [-0.2, -0.15) is 0 Å². The first-order valence-corrected chi connectivity index (χ1v) is 8.64. The van der Waals surface area contributed by atoms with E-state index in [1.807, 2.05) is 4.90 Å². The third kappa shape index (κ3) is 4.17. The van der Waals surface area contributed by atoms with Crippen LogP contribution >= 0.6 is 0 Å². The Morgan fingerprint density at radius 2 is 2.00 bits per heavy atom. The summed E-state index contributed by atoms with van der Waals surface area (Å²) in [5.41, 5.74) is 1.43. The Hall–Kier alpha value is -2.96. The molecule has 1 saturated heterocycles. The largest absolute Gasteiger partial charge is 0.465 e. The molecule has 0 atom stereocenters. The molecule has 7 heteroatoms. The van der Waals surface area contributed by atoms with Gasteiger partial charge in [-0.05, 0) is 43.0 Å². The number of piperidine rings is 1. The molecule has 0 spiro atoms. The van der Waals surface area contributed by atoms with Gasteiger partial charge >= 0.3 is 5.97 Å². The lowest BCUT2D eigenvalue weighted by Crippen LogP contribution is -2.38. The minimum atomic E-state index is -0.419. The molecule has 3 rings (SSSR count). The summed E-state index contributed by atoms with van der Waals surface area (Å²) < 4.78 is 4.72. The number of nitrogens with one attached hydrogen (secondary N) is 1. The molecular formula is C19H22N4O3. The summed E-state index contributed by atoms with van der Waals surface area (Å²) in [6.45, 7) is 3.72. The van der Waals surface area contributed by atoms with Crippen LogP contribution in [0.25, 0.3) is 0 Å². The van der Waals surface area contributed by atoms with Crippen molar-refractivity contribution in [3.8, 4) is 0 Å². The van der Waals surface area contributed by atoms with Crippen LogP contribution in [-0.2, 0) is 4.74 Å². The highest BCUT2D eigenvalue weighted by Gasteiger charge is 2.22. The van der Waals surface area contributed by atoms with Crippen molar-refractivity contribution in [3.63, 3.8) is 0 Å². The van der Waals surface area contributed by atoms with Gasteiger partial charge in [-0.3, -0.25) is 4.79 Å². The summed E-state index contributed by atoms with van der Waals surface area (Å²) in [6, 6.07) is 8.45. The quantitative estimate of drug-likeness (QED) is 0.850. The van der Waals surface area contributed by atoms with E-state index in [0.717, 1.165) is 25.9 Å². The number of benzene rings is 1. The number of aromatic nitrogens is 2. The van der Waals surface area contributed by atoms with Crippen molar-refractivity contribution >= 4 is 23.5 Å². The maximum Gasteiger partial charge on any atom is 0.337 e. The Morgan fingerprint density at radius 1 is 1.23 bits per heavy atom. The van der Waals surface area contributed by atoms with Crippen LogP contribution in [0.1, 0.15) is 40.6 Å². The summed E-state index contributed by atoms with van der Waals surface area (Å²) in [5.74, 6) is 0.468. The zero-order valence-corrected chi connectivity index (χ0v) is 14.9. The van der Waals surface area contributed by atoms with Crippen molar-refractivity contribution in [3.05, 3.63) is 47.8 Å². The molecule has 1 aliphatic heterocycles. The van der Waals surface area contributed by atoms with Gasteiger partial charge in [-0.25, -0.2) is 14.8 Å². The Bertz CT molecular complexity index is 801. The van der Waals surface area contributed by atoms with E-state index in [-0.39, 0.29) is 5.91 Å². The number of methoxy groups -OCH3 is 1. The summed E-state index contributed by atoms with van der Waals surface area (Å²) in [5, 5.41) is 3.03. The third-order valence-corrected chi connectivity index (χ3v) is 4.49. The molecule has 1 N–H and O–H groups in total. The number of rotatable bonds is 4. The smallest absolute Gasteiger partial charge is 0.337 e. The number of esters is 1. The molecule has 1 fully saturated rings. The number of ether oxygens (including phenoxy) is 1. The number of likely N-dealkylation sites (tertiary alicyclic amines) is 1. The van der Waals surface area contributed by atoms with Crippen LogP contribution in [0, 0.1) is 5.92 Å². The Kier molecular flexibility index (Phi) is 5.46. The highest BCUT2D eigenvalue weighted by molar-refractivity contribution is 5.93. The highest BCUT2D eigenvalue weighted by Crippen LogP contribution is 2.19. The molecule has 0 bridgehead atoms. The van der Waals surface area contributed by atoms with Crippen molar-refractivity contribution in [2.45, 2.75) is 19.8 Å². The molecule has 136 valence electrons. The van der Waals surface area contributed by atoms with Gasteiger partial charge in [0.15, 0.2) is 0 Å². The molecule has 1 aromatic heterocycles. The topological polar surface area (TPSA) is 84.4 Å². The number of amides is 1. The minimum Gasteiger partial charge on any atom is -0.465 e. The van der Waals surface area contributed by atoms with Gasteiger partial charge in [0.1, 0.15) is 5.69 Å². The highest BCUT2D eigenvalue weighted by atomic mass is 16.5. The average molecular weight is 354 g/mol. The van der Waals surface area contributed by atoms with Crippen LogP contribution in [0.3, 0.4) is 0 Å². The molecule has 26 heavy (non-hydrogen) atoms. The molecule has 0 aliphatic carbocycles. The van der Waals surface area contributed by atoms with Crippen molar-refractivity contribution in [2.24, 2.45) is 5.92 Å². The second kappa shape index (κ2) is 7.95.